The van der Waals surface area contributed by atoms with Crippen LogP contribution in [0.1, 0.15) is 41.1 Å². The number of hydrogen-bond donors (Lipinski definition) is 0. The molecule has 1 aromatic heterocycles. The molecule has 1 unspecified atom stereocenters. The summed E-state index contributed by atoms with van der Waals surface area (Å²) in [6.45, 7) is 4.46. The van der Waals surface area contributed by atoms with Gasteiger partial charge in [0.2, 0.25) is 0 Å². The molecule has 0 aliphatic heterocycles. The third-order valence-corrected chi connectivity index (χ3v) is 5.19. The van der Waals surface area contributed by atoms with Gasteiger partial charge in [0.25, 0.3) is 0 Å². The van der Waals surface area contributed by atoms with Gasteiger partial charge < -0.3 is 0 Å². The zero-order valence-electron chi connectivity index (χ0n) is 10.9. The standard InChI is InChI=1S/C16H18OS/c1-10(2)11-7-8-15-13(9-11)16(17)12-5-3-4-6-14(12)18-15/h4,6-8,10-11H,3,5,9H2,1-2H3. The molecule has 1 heterocycles. The highest BCUT2D eigenvalue weighted by atomic mass is 32.1. The summed E-state index contributed by atoms with van der Waals surface area (Å²) in [5, 5.41) is 0. The minimum atomic E-state index is 0.318. The van der Waals surface area contributed by atoms with Crippen LogP contribution in [0.5, 0.6) is 0 Å². The van der Waals surface area contributed by atoms with Crippen molar-refractivity contribution in [3.63, 3.8) is 0 Å². The fraction of sp³-hybridized carbons (Fsp3) is 0.438. The highest BCUT2D eigenvalue weighted by Crippen LogP contribution is 2.32. The molecule has 2 aliphatic rings. The Morgan fingerprint density at radius 3 is 2.78 bits per heavy atom. The van der Waals surface area contributed by atoms with E-state index in [1.807, 2.05) is 0 Å². The minimum absolute atomic E-state index is 0.318. The molecule has 0 N–H and O–H groups in total. The van der Waals surface area contributed by atoms with Crippen LogP contribution in [0.25, 0.3) is 12.2 Å². The van der Waals surface area contributed by atoms with Crippen molar-refractivity contribution >= 4 is 23.5 Å². The molecule has 18 heavy (non-hydrogen) atoms. The second kappa shape index (κ2) is 4.51. The zero-order chi connectivity index (χ0) is 12.7. The molecule has 0 saturated heterocycles. The van der Waals surface area contributed by atoms with Gasteiger partial charge in [0.05, 0.1) is 0 Å². The van der Waals surface area contributed by atoms with Crippen LogP contribution in [-0.4, -0.2) is 0 Å². The van der Waals surface area contributed by atoms with Crippen LogP contribution in [0.3, 0.4) is 0 Å². The number of rotatable bonds is 1. The molecule has 0 aromatic carbocycles. The summed E-state index contributed by atoms with van der Waals surface area (Å²) in [5.41, 5.74) is 2.44. The molecule has 1 atom stereocenters. The molecule has 0 bridgehead atoms. The van der Waals surface area contributed by atoms with Gasteiger partial charge in [-0.2, -0.15) is 0 Å². The average Bonchev–Trinajstić information content (AvgIpc) is 2.38. The van der Waals surface area contributed by atoms with E-state index in [1.165, 1.54) is 9.75 Å². The molecular weight excluding hydrogens is 240 g/mol. The highest BCUT2D eigenvalue weighted by molar-refractivity contribution is 7.13. The first-order chi connectivity index (χ1) is 8.66. The lowest BCUT2D eigenvalue weighted by Crippen LogP contribution is -2.23. The Morgan fingerprint density at radius 2 is 2.00 bits per heavy atom. The summed E-state index contributed by atoms with van der Waals surface area (Å²) < 4.78 is 0. The van der Waals surface area contributed by atoms with Gasteiger partial charge in [0.1, 0.15) is 0 Å². The third kappa shape index (κ3) is 1.89. The first kappa shape index (κ1) is 11.9. The van der Waals surface area contributed by atoms with Crippen molar-refractivity contribution in [2.75, 3.05) is 0 Å². The van der Waals surface area contributed by atoms with Crippen LogP contribution in [0.2, 0.25) is 0 Å². The summed E-state index contributed by atoms with van der Waals surface area (Å²) in [6.07, 6.45) is 11.6. The predicted octanol–water partition coefficient (Wildman–Crippen LogP) is 3.91. The van der Waals surface area contributed by atoms with E-state index in [0.29, 0.717) is 17.3 Å². The molecule has 0 radical (unpaired) electrons. The topological polar surface area (TPSA) is 17.1 Å². The van der Waals surface area contributed by atoms with Crippen LogP contribution in [0, 0.1) is 11.8 Å². The lowest BCUT2D eigenvalue weighted by molar-refractivity contribution is 0.461. The van der Waals surface area contributed by atoms with E-state index in [9.17, 15) is 4.79 Å². The average molecular weight is 258 g/mol. The largest absolute Gasteiger partial charge is 0.289 e. The summed E-state index contributed by atoms with van der Waals surface area (Å²) in [4.78, 5) is 14.9. The second-order valence-corrected chi connectivity index (χ2v) is 6.61. The van der Waals surface area contributed by atoms with E-state index in [1.54, 1.807) is 11.3 Å². The minimum Gasteiger partial charge on any atom is -0.289 e. The van der Waals surface area contributed by atoms with Gasteiger partial charge in [0.15, 0.2) is 5.43 Å². The Labute approximate surface area is 112 Å². The Bertz CT molecular complexity index is 590. The van der Waals surface area contributed by atoms with Crippen LogP contribution in [-0.2, 0) is 12.8 Å². The first-order valence-corrected chi connectivity index (χ1v) is 7.52. The van der Waals surface area contributed by atoms with Gasteiger partial charge in [-0.3, -0.25) is 4.79 Å². The van der Waals surface area contributed by atoms with E-state index < -0.39 is 0 Å². The van der Waals surface area contributed by atoms with Gasteiger partial charge in [-0.25, -0.2) is 0 Å². The monoisotopic (exact) mass is 258 g/mol. The second-order valence-electron chi connectivity index (χ2n) is 5.53. The lowest BCUT2D eigenvalue weighted by Gasteiger charge is -2.23. The Kier molecular flexibility index (Phi) is 2.98. The molecule has 0 amide bonds. The fourth-order valence-electron chi connectivity index (χ4n) is 2.74. The first-order valence-electron chi connectivity index (χ1n) is 6.70. The normalized spacial score (nSPS) is 20.9. The number of allylic oxidation sites excluding steroid dienone is 2. The zero-order valence-corrected chi connectivity index (χ0v) is 11.7. The van der Waals surface area contributed by atoms with Crippen molar-refractivity contribution in [1.82, 2.24) is 0 Å². The molecule has 94 valence electrons. The summed E-state index contributed by atoms with van der Waals surface area (Å²) in [6, 6.07) is 0. The summed E-state index contributed by atoms with van der Waals surface area (Å²) >= 11 is 1.78. The van der Waals surface area contributed by atoms with Gasteiger partial charge in [-0.05, 0) is 43.3 Å². The van der Waals surface area contributed by atoms with Gasteiger partial charge in [-0.15, -0.1) is 11.3 Å². The van der Waals surface area contributed by atoms with E-state index in [-0.39, 0.29) is 0 Å². The third-order valence-electron chi connectivity index (χ3n) is 3.98. The molecule has 1 aromatic rings. The van der Waals surface area contributed by atoms with Crippen molar-refractivity contribution in [1.29, 1.82) is 0 Å². The Hall–Kier alpha value is -1.15. The molecule has 0 spiro atoms. The highest BCUT2D eigenvalue weighted by Gasteiger charge is 2.23. The quantitative estimate of drug-likeness (QED) is 0.746. The van der Waals surface area contributed by atoms with Gasteiger partial charge >= 0.3 is 0 Å². The van der Waals surface area contributed by atoms with Gasteiger partial charge in [0, 0.05) is 20.9 Å². The van der Waals surface area contributed by atoms with Crippen molar-refractivity contribution in [2.45, 2.75) is 33.1 Å². The van der Waals surface area contributed by atoms with Crippen LogP contribution < -0.4 is 5.43 Å². The Morgan fingerprint density at radius 1 is 1.22 bits per heavy atom. The molecular formula is C16H18OS. The SMILES string of the molecule is CC(C)C1C=Cc2sc3c(c(=O)c2C1)CCC=C3. The van der Waals surface area contributed by atoms with Crippen LogP contribution in [0.4, 0.5) is 0 Å². The van der Waals surface area contributed by atoms with E-state index >= 15 is 0 Å². The molecule has 2 aliphatic carbocycles. The van der Waals surface area contributed by atoms with Crippen LogP contribution >= 0.6 is 11.3 Å². The van der Waals surface area contributed by atoms with Crippen molar-refractivity contribution in [3.8, 4) is 0 Å². The molecule has 0 fully saturated rings. The lowest BCUT2D eigenvalue weighted by atomic mass is 9.85. The fourth-order valence-corrected chi connectivity index (χ4v) is 3.90. The van der Waals surface area contributed by atoms with Crippen LogP contribution in [0.15, 0.2) is 16.9 Å². The molecule has 2 heteroatoms. The number of hydrogen-bond acceptors (Lipinski definition) is 2. The maximum atomic E-state index is 12.6. The van der Waals surface area contributed by atoms with Crippen molar-refractivity contribution in [3.05, 3.63) is 43.3 Å². The van der Waals surface area contributed by atoms with E-state index in [4.69, 9.17) is 0 Å². The molecule has 3 rings (SSSR count). The Balaban J connectivity index is 2.13. The van der Waals surface area contributed by atoms with Crippen molar-refractivity contribution < 1.29 is 0 Å². The summed E-state index contributed by atoms with van der Waals surface area (Å²) in [5.74, 6) is 1.13. The van der Waals surface area contributed by atoms with Gasteiger partial charge in [-0.1, -0.05) is 26.0 Å². The van der Waals surface area contributed by atoms with E-state index in [2.05, 4.69) is 38.2 Å². The maximum Gasteiger partial charge on any atom is 0.187 e. The smallest absolute Gasteiger partial charge is 0.187 e. The number of fused-ring (bicyclic) bond motifs is 2. The maximum absolute atomic E-state index is 12.6. The predicted molar refractivity (Wildman–Crippen MR) is 79.0 cm³/mol. The molecule has 0 saturated carbocycles. The van der Waals surface area contributed by atoms with Crippen molar-refractivity contribution in [2.24, 2.45) is 11.8 Å². The van der Waals surface area contributed by atoms with E-state index in [0.717, 1.165) is 30.4 Å². The molecule has 1 nitrogen and oxygen atoms in total. The summed E-state index contributed by atoms with van der Waals surface area (Å²) in [7, 11) is 0.